The number of hydrogen-bond acceptors (Lipinski definition) is 9. The number of rotatable bonds is 6. The van der Waals surface area contributed by atoms with Crippen molar-refractivity contribution < 1.29 is 20.1 Å². The molecule has 2 aromatic heterocycles. The first-order chi connectivity index (χ1) is 20.4. The number of nitrogens with zero attached hydrogens (tertiary/aromatic N) is 5. The SMILES string of the molecule is Clc1ccccc1C(c1ccccc1)(c1ccccc1)n1ccnc1.Nc1ncn([C@@H]2O[C@H](CO)[C@@H](O)[C@@H]2O)c(=O)n1. The number of nitrogen functional groups attached to an aromatic ring is 1. The number of halogens is 1. The van der Waals surface area contributed by atoms with Gasteiger partial charge in [-0.05, 0) is 17.2 Å². The highest BCUT2D eigenvalue weighted by Gasteiger charge is 2.44. The summed E-state index contributed by atoms with van der Waals surface area (Å²) in [6.07, 6.45) is 1.97. The Morgan fingerprint density at radius 1 is 0.905 bits per heavy atom. The Labute approximate surface area is 246 Å². The van der Waals surface area contributed by atoms with Crippen molar-refractivity contribution in [2.45, 2.75) is 30.1 Å². The maximum Gasteiger partial charge on any atom is 0.354 e. The predicted molar refractivity (Wildman–Crippen MR) is 156 cm³/mol. The van der Waals surface area contributed by atoms with Crippen molar-refractivity contribution in [2.24, 2.45) is 0 Å². The fourth-order valence-corrected chi connectivity index (χ4v) is 5.40. The number of aliphatic hydroxyl groups is 3. The second-order valence-electron chi connectivity index (χ2n) is 9.53. The average molecular weight is 589 g/mol. The predicted octanol–water partition coefficient (Wildman–Crippen LogP) is 2.21. The molecule has 0 bridgehead atoms. The van der Waals surface area contributed by atoms with Gasteiger partial charge in [0.2, 0.25) is 5.95 Å². The molecule has 1 fully saturated rings. The number of hydrogen-bond donors (Lipinski definition) is 4. The molecule has 0 aliphatic carbocycles. The molecule has 1 aliphatic heterocycles. The zero-order valence-corrected chi connectivity index (χ0v) is 23.0. The largest absolute Gasteiger partial charge is 0.394 e. The van der Waals surface area contributed by atoms with Gasteiger partial charge in [-0.1, -0.05) is 90.5 Å². The maximum atomic E-state index is 11.5. The molecular weight excluding hydrogens is 560 g/mol. The van der Waals surface area contributed by atoms with E-state index in [2.05, 4.69) is 74.1 Å². The molecule has 0 unspecified atom stereocenters. The number of anilines is 1. The molecule has 6 rings (SSSR count). The Morgan fingerprint density at radius 3 is 2.05 bits per heavy atom. The first kappa shape index (κ1) is 29.1. The van der Waals surface area contributed by atoms with Crippen LogP contribution in [0.4, 0.5) is 5.95 Å². The summed E-state index contributed by atoms with van der Waals surface area (Å²) in [6, 6.07) is 28.8. The number of aromatic nitrogens is 5. The Kier molecular flexibility index (Phi) is 8.76. The summed E-state index contributed by atoms with van der Waals surface area (Å²) >= 11 is 6.69. The van der Waals surface area contributed by atoms with Gasteiger partial charge in [-0.3, -0.25) is 4.57 Å². The van der Waals surface area contributed by atoms with Crippen LogP contribution in [0.2, 0.25) is 5.02 Å². The van der Waals surface area contributed by atoms with Gasteiger partial charge in [-0.25, -0.2) is 14.8 Å². The molecule has 1 aliphatic rings. The molecule has 0 radical (unpaired) electrons. The molecule has 5 N–H and O–H groups in total. The first-order valence-electron chi connectivity index (χ1n) is 13.1. The molecule has 3 aromatic carbocycles. The van der Waals surface area contributed by atoms with Crippen LogP contribution in [0.5, 0.6) is 0 Å². The second kappa shape index (κ2) is 12.6. The van der Waals surface area contributed by atoms with Crippen LogP contribution < -0.4 is 11.4 Å². The number of ether oxygens (including phenoxy) is 1. The van der Waals surface area contributed by atoms with E-state index in [0.29, 0.717) is 0 Å². The lowest BCUT2D eigenvalue weighted by Gasteiger charge is -2.37. The highest BCUT2D eigenvalue weighted by Crippen LogP contribution is 2.43. The summed E-state index contributed by atoms with van der Waals surface area (Å²) in [5.74, 6) is -0.196. The normalized spacial score (nSPS) is 20.1. The third-order valence-electron chi connectivity index (χ3n) is 7.08. The first-order valence-corrected chi connectivity index (χ1v) is 13.4. The van der Waals surface area contributed by atoms with Crippen molar-refractivity contribution in [3.05, 3.63) is 142 Å². The highest BCUT2D eigenvalue weighted by molar-refractivity contribution is 6.31. The minimum atomic E-state index is -1.35. The van der Waals surface area contributed by atoms with Crippen LogP contribution in [-0.2, 0) is 10.3 Å². The molecule has 216 valence electrons. The van der Waals surface area contributed by atoms with Crippen molar-refractivity contribution in [3.63, 3.8) is 0 Å². The van der Waals surface area contributed by atoms with E-state index in [1.165, 1.54) is 0 Å². The molecule has 12 heteroatoms. The Balaban J connectivity index is 0.000000181. The van der Waals surface area contributed by atoms with E-state index < -0.39 is 42.4 Å². The van der Waals surface area contributed by atoms with E-state index in [1.807, 2.05) is 42.9 Å². The molecule has 1 saturated heterocycles. The van der Waals surface area contributed by atoms with Crippen molar-refractivity contribution in [3.8, 4) is 0 Å². The molecule has 0 spiro atoms. The molecule has 11 nitrogen and oxygen atoms in total. The van der Waals surface area contributed by atoms with Crippen molar-refractivity contribution in [2.75, 3.05) is 12.3 Å². The molecule has 0 saturated carbocycles. The van der Waals surface area contributed by atoms with Gasteiger partial charge >= 0.3 is 5.69 Å². The Hall–Kier alpha value is -4.39. The lowest BCUT2D eigenvalue weighted by Crippen LogP contribution is -2.37. The highest BCUT2D eigenvalue weighted by atomic mass is 35.5. The van der Waals surface area contributed by atoms with Gasteiger partial charge in [0.1, 0.15) is 30.2 Å². The Bertz CT molecular complexity index is 1610. The third-order valence-corrected chi connectivity index (χ3v) is 7.40. The van der Waals surface area contributed by atoms with Gasteiger partial charge in [0, 0.05) is 23.0 Å². The van der Waals surface area contributed by atoms with Gasteiger partial charge in [-0.15, -0.1) is 0 Å². The minimum absolute atomic E-state index is 0.196. The summed E-state index contributed by atoms with van der Waals surface area (Å²) in [4.78, 5) is 22.7. The zero-order valence-electron chi connectivity index (χ0n) is 22.3. The number of benzene rings is 3. The van der Waals surface area contributed by atoms with Crippen LogP contribution >= 0.6 is 11.6 Å². The number of nitrogens with two attached hydrogens (primary N) is 1. The van der Waals surface area contributed by atoms with Crippen molar-refractivity contribution >= 4 is 17.5 Å². The van der Waals surface area contributed by atoms with Crippen LogP contribution in [0.1, 0.15) is 22.9 Å². The quantitative estimate of drug-likeness (QED) is 0.218. The van der Waals surface area contributed by atoms with Crippen LogP contribution in [0, 0.1) is 0 Å². The lowest BCUT2D eigenvalue weighted by molar-refractivity contribution is -0.0554. The fourth-order valence-electron chi connectivity index (χ4n) is 5.13. The van der Waals surface area contributed by atoms with Crippen molar-refractivity contribution in [1.82, 2.24) is 24.1 Å². The molecule has 3 heterocycles. The number of imidazole rings is 1. The summed E-state index contributed by atoms with van der Waals surface area (Å²) in [5, 5.41) is 28.8. The van der Waals surface area contributed by atoms with Crippen molar-refractivity contribution in [1.29, 1.82) is 0 Å². The van der Waals surface area contributed by atoms with Gasteiger partial charge in [0.05, 0.1) is 12.9 Å². The van der Waals surface area contributed by atoms with Crippen LogP contribution in [0.3, 0.4) is 0 Å². The zero-order chi connectivity index (χ0) is 29.7. The van der Waals surface area contributed by atoms with E-state index in [1.54, 1.807) is 6.20 Å². The van der Waals surface area contributed by atoms with Crippen LogP contribution in [-0.4, -0.2) is 64.3 Å². The second-order valence-corrected chi connectivity index (χ2v) is 9.93. The van der Waals surface area contributed by atoms with E-state index >= 15 is 0 Å². The fraction of sp³-hybridized carbons (Fsp3) is 0.200. The van der Waals surface area contributed by atoms with E-state index in [9.17, 15) is 15.0 Å². The monoisotopic (exact) mass is 588 g/mol. The van der Waals surface area contributed by atoms with Gasteiger partial charge in [0.15, 0.2) is 6.23 Å². The molecule has 5 aromatic rings. The Morgan fingerprint density at radius 2 is 1.52 bits per heavy atom. The van der Waals surface area contributed by atoms with Crippen LogP contribution in [0.15, 0.2) is 115 Å². The molecule has 4 atom stereocenters. The smallest absolute Gasteiger partial charge is 0.354 e. The third kappa shape index (κ3) is 5.43. The topological polar surface area (TPSA) is 162 Å². The summed E-state index contributed by atoms with van der Waals surface area (Å²) in [7, 11) is 0. The summed E-state index contributed by atoms with van der Waals surface area (Å²) < 4.78 is 8.16. The van der Waals surface area contributed by atoms with E-state index in [0.717, 1.165) is 32.6 Å². The summed E-state index contributed by atoms with van der Waals surface area (Å²) in [5.41, 5.74) is 7.15. The van der Waals surface area contributed by atoms with Gasteiger partial charge in [0.25, 0.3) is 0 Å². The number of aliphatic hydroxyl groups excluding tert-OH is 3. The summed E-state index contributed by atoms with van der Waals surface area (Å²) in [6.45, 7) is -0.473. The lowest BCUT2D eigenvalue weighted by atomic mass is 9.76. The van der Waals surface area contributed by atoms with Gasteiger partial charge in [-0.2, -0.15) is 4.98 Å². The minimum Gasteiger partial charge on any atom is -0.394 e. The maximum absolute atomic E-state index is 11.5. The average Bonchev–Trinajstić information content (AvgIpc) is 3.65. The van der Waals surface area contributed by atoms with Crippen LogP contribution in [0.25, 0.3) is 0 Å². The van der Waals surface area contributed by atoms with Gasteiger partial charge < -0.3 is 30.4 Å². The standard InChI is InChI=1S/C22H17ClN2.C8H12N4O5/c23-21-14-8-7-13-20(21)22(25-16-15-24-17-25,18-9-3-1-4-10-18)19-11-5-2-6-12-19;9-7-10-2-12(8(16)11-7)6-5(15)4(14)3(1-13)17-6/h1-17H;2-6,13-15H,1H2,(H2,9,11,16)/t;3-,4-,5+,6-/m.1/s1. The van der Waals surface area contributed by atoms with E-state index in [-0.39, 0.29) is 5.95 Å². The van der Waals surface area contributed by atoms with E-state index in [4.69, 9.17) is 27.2 Å². The molecule has 42 heavy (non-hydrogen) atoms. The molecule has 0 amide bonds. The molecular formula is C30H29ClN6O5.